The average molecular weight is 506 g/mol. The van der Waals surface area contributed by atoms with E-state index in [0.717, 1.165) is 4.68 Å². The van der Waals surface area contributed by atoms with Crippen molar-refractivity contribution in [1.82, 2.24) is 24.7 Å². The number of nitrogen functional groups attached to an aromatic ring is 1. The predicted octanol–water partition coefficient (Wildman–Crippen LogP) is 2.06. The number of anilines is 1. The molecule has 0 amide bonds. The summed E-state index contributed by atoms with van der Waals surface area (Å²) in [5.41, 5.74) is 6.27. The number of aromatic amines is 1. The molecule has 3 heterocycles. The summed E-state index contributed by atoms with van der Waals surface area (Å²) in [5, 5.41) is 15.4. The van der Waals surface area contributed by atoms with Crippen molar-refractivity contribution in [2.24, 2.45) is 11.7 Å². The maximum Gasteiger partial charge on any atom is 0.350 e. The number of ether oxygens (including phenoxy) is 3. The van der Waals surface area contributed by atoms with Crippen LogP contribution in [0.15, 0.2) is 82.8 Å². The molecule has 37 heavy (non-hydrogen) atoms. The number of amidine groups is 1. The molecule has 1 aliphatic carbocycles. The molecule has 5 rings (SSSR count). The van der Waals surface area contributed by atoms with Crippen LogP contribution in [0.3, 0.4) is 0 Å². The standard InChI is InChI=1S/C24H23FN8O4/c1-35-15-11-16(18-17(12-15)36-9-10-37-20(18)25)19(30-14-5-3-13(4-6-14)21(26)27)22-31-24(34)33(32-22)23-28-7-2-8-29-23/h2-8,11-12,16,19,30H,9-10H2,1H3,(H3,26,27)(H,31,32,34)/t16?,19-/m0/s1. The fraction of sp³-hybridized carbons (Fsp3) is 0.208. The SMILES string of the molecule is COC1=CC([C@H](Nc2ccc(C(=N)N)cc2)c2nn(-c3ncccn3)c(=O)[nH]2)C2=C(F)OCCOC2=C1. The molecule has 190 valence electrons. The molecule has 5 N–H and O–H groups in total. The fourth-order valence-corrected chi connectivity index (χ4v) is 4.05. The molecule has 3 aromatic rings. The van der Waals surface area contributed by atoms with Crippen molar-refractivity contribution in [2.75, 3.05) is 25.6 Å². The highest BCUT2D eigenvalue weighted by Gasteiger charge is 2.38. The third kappa shape index (κ3) is 4.78. The van der Waals surface area contributed by atoms with Gasteiger partial charge < -0.3 is 25.3 Å². The lowest BCUT2D eigenvalue weighted by Gasteiger charge is -2.30. The van der Waals surface area contributed by atoms with Gasteiger partial charge in [-0.25, -0.2) is 14.8 Å². The Kier molecular flexibility index (Phi) is 6.41. The third-order valence-corrected chi connectivity index (χ3v) is 5.78. The first-order valence-electron chi connectivity index (χ1n) is 11.3. The number of nitrogens with one attached hydrogen (secondary N) is 3. The van der Waals surface area contributed by atoms with Crippen molar-refractivity contribution in [3.05, 3.63) is 99.9 Å². The number of benzene rings is 1. The number of halogens is 1. The van der Waals surface area contributed by atoms with E-state index in [4.69, 9.17) is 25.4 Å². The van der Waals surface area contributed by atoms with Gasteiger partial charge in [-0.2, -0.15) is 4.39 Å². The summed E-state index contributed by atoms with van der Waals surface area (Å²) in [6.07, 6.45) is 6.25. The highest BCUT2D eigenvalue weighted by molar-refractivity contribution is 5.95. The van der Waals surface area contributed by atoms with Gasteiger partial charge in [0.15, 0.2) is 5.82 Å². The first kappa shape index (κ1) is 23.8. The van der Waals surface area contributed by atoms with E-state index < -0.39 is 23.7 Å². The third-order valence-electron chi connectivity index (χ3n) is 5.78. The van der Waals surface area contributed by atoms with E-state index >= 15 is 4.39 Å². The first-order chi connectivity index (χ1) is 17.9. The van der Waals surface area contributed by atoms with Crippen LogP contribution in [0.25, 0.3) is 5.95 Å². The summed E-state index contributed by atoms with van der Waals surface area (Å²) < 4.78 is 32.7. The summed E-state index contributed by atoms with van der Waals surface area (Å²) in [5.74, 6) is 0.0793. The van der Waals surface area contributed by atoms with Gasteiger partial charge >= 0.3 is 5.69 Å². The molecule has 0 saturated heterocycles. The van der Waals surface area contributed by atoms with E-state index in [1.807, 2.05) is 0 Å². The highest BCUT2D eigenvalue weighted by Crippen LogP contribution is 2.41. The van der Waals surface area contributed by atoms with Crippen LogP contribution in [0.5, 0.6) is 0 Å². The van der Waals surface area contributed by atoms with Gasteiger partial charge in [-0.15, -0.1) is 9.78 Å². The summed E-state index contributed by atoms with van der Waals surface area (Å²) in [4.78, 5) is 23.7. The molecule has 12 nitrogen and oxygen atoms in total. The number of fused-ring (bicyclic) bond motifs is 1. The molecule has 1 aliphatic heterocycles. The monoisotopic (exact) mass is 506 g/mol. The van der Waals surface area contributed by atoms with Crippen molar-refractivity contribution in [3.8, 4) is 5.95 Å². The van der Waals surface area contributed by atoms with Crippen LogP contribution in [0.4, 0.5) is 10.1 Å². The van der Waals surface area contributed by atoms with Gasteiger partial charge in [-0.05, 0) is 36.4 Å². The zero-order chi connectivity index (χ0) is 25.9. The number of hydrogen-bond acceptors (Lipinski definition) is 9. The molecular weight excluding hydrogens is 483 g/mol. The Hall–Kier alpha value is -4.94. The number of rotatable bonds is 7. The quantitative estimate of drug-likeness (QED) is 0.277. The predicted molar refractivity (Wildman–Crippen MR) is 130 cm³/mol. The minimum absolute atomic E-state index is 0.0309. The summed E-state index contributed by atoms with van der Waals surface area (Å²) in [7, 11) is 1.49. The lowest BCUT2D eigenvalue weighted by atomic mass is 9.85. The Morgan fingerprint density at radius 1 is 1.27 bits per heavy atom. The second-order valence-electron chi connectivity index (χ2n) is 8.08. The highest BCUT2D eigenvalue weighted by atomic mass is 19.1. The van der Waals surface area contributed by atoms with Crippen LogP contribution in [0, 0.1) is 11.3 Å². The van der Waals surface area contributed by atoms with Crippen LogP contribution in [-0.4, -0.2) is 50.9 Å². The van der Waals surface area contributed by atoms with Crippen molar-refractivity contribution in [1.29, 1.82) is 5.41 Å². The van der Waals surface area contributed by atoms with Crippen molar-refractivity contribution < 1.29 is 18.6 Å². The summed E-state index contributed by atoms with van der Waals surface area (Å²) in [6.45, 7) is 0.178. The number of aromatic nitrogens is 5. The average Bonchev–Trinajstić information content (AvgIpc) is 3.20. The molecule has 2 aliphatic rings. The molecule has 2 aromatic heterocycles. The first-order valence-corrected chi connectivity index (χ1v) is 11.3. The molecular formula is C24H23FN8O4. The van der Waals surface area contributed by atoms with E-state index in [1.54, 1.807) is 42.5 Å². The molecule has 0 saturated carbocycles. The van der Waals surface area contributed by atoms with E-state index in [9.17, 15) is 4.79 Å². The number of nitrogens with zero attached hydrogens (tertiary/aromatic N) is 4. The number of allylic oxidation sites excluding steroid dienone is 2. The lowest BCUT2D eigenvalue weighted by Crippen LogP contribution is -2.27. The van der Waals surface area contributed by atoms with Gasteiger partial charge in [0.25, 0.3) is 12.0 Å². The van der Waals surface area contributed by atoms with Gasteiger partial charge in [0.2, 0.25) is 0 Å². The largest absolute Gasteiger partial charge is 0.497 e. The van der Waals surface area contributed by atoms with Crippen LogP contribution < -0.4 is 16.7 Å². The number of H-pyrrole nitrogens is 1. The smallest absolute Gasteiger partial charge is 0.350 e. The molecule has 0 fully saturated rings. The van der Waals surface area contributed by atoms with E-state index in [0.29, 0.717) is 17.0 Å². The van der Waals surface area contributed by atoms with Crippen LogP contribution in [0.1, 0.15) is 17.4 Å². The van der Waals surface area contributed by atoms with Gasteiger partial charge in [-0.1, -0.05) is 0 Å². The normalized spacial score (nSPS) is 17.8. The minimum atomic E-state index is -0.833. The van der Waals surface area contributed by atoms with Crippen molar-refractivity contribution >= 4 is 11.5 Å². The molecule has 0 spiro atoms. The van der Waals surface area contributed by atoms with Crippen LogP contribution in [0.2, 0.25) is 0 Å². The Bertz CT molecular complexity index is 1460. The second kappa shape index (κ2) is 9.97. The molecule has 2 atom stereocenters. The van der Waals surface area contributed by atoms with Crippen LogP contribution >= 0.6 is 0 Å². The molecule has 0 radical (unpaired) electrons. The summed E-state index contributed by atoms with van der Waals surface area (Å²) >= 11 is 0. The van der Waals surface area contributed by atoms with Gasteiger partial charge in [0, 0.05) is 35.6 Å². The van der Waals surface area contributed by atoms with E-state index in [-0.39, 0.29) is 42.2 Å². The van der Waals surface area contributed by atoms with Crippen molar-refractivity contribution in [2.45, 2.75) is 6.04 Å². The topological polar surface area (TPSA) is 166 Å². The Morgan fingerprint density at radius 3 is 2.70 bits per heavy atom. The Balaban J connectivity index is 1.63. The maximum atomic E-state index is 15.3. The number of nitrogens with two attached hydrogens (primary N) is 1. The van der Waals surface area contributed by atoms with Crippen LogP contribution in [-0.2, 0) is 14.2 Å². The molecule has 1 unspecified atom stereocenters. The van der Waals surface area contributed by atoms with Gasteiger partial charge in [-0.3, -0.25) is 10.4 Å². The number of hydrogen-bond donors (Lipinski definition) is 4. The molecule has 1 aromatic carbocycles. The fourth-order valence-electron chi connectivity index (χ4n) is 4.05. The number of methoxy groups -OCH3 is 1. The lowest BCUT2D eigenvalue weighted by molar-refractivity contribution is 0.106. The Morgan fingerprint density at radius 2 is 2.00 bits per heavy atom. The molecule has 13 heteroatoms. The maximum absolute atomic E-state index is 15.3. The Labute approximate surface area is 209 Å². The minimum Gasteiger partial charge on any atom is -0.497 e. The van der Waals surface area contributed by atoms with Gasteiger partial charge in [0.1, 0.15) is 30.6 Å². The summed E-state index contributed by atoms with van der Waals surface area (Å²) in [6, 6.07) is 6.75. The zero-order valence-corrected chi connectivity index (χ0v) is 19.6. The van der Waals surface area contributed by atoms with E-state index in [2.05, 4.69) is 25.4 Å². The zero-order valence-electron chi connectivity index (χ0n) is 19.6. The van der Waals surface area contributed by atoms with E-state index in [1.165, 1.54) is 19.5 Å². The second-order valence-corrected chi connectivity index (χ2v) is 8.08. The van der Waals surface area contributed by atoms with Crippen molar-refractivity contribution in [3.63, 3.8) is 0 Å². The molecule has 0 bridgehead atoms. The van der Waals surface area contributed by atoms with Gasteiger partial charge in [0.05, 0.1) is 18.7 Å².